The largest absolute Gasteiger partial charge is 0.311 e. The van der Waals surface area contributed by atoms with E-state index >= 15 is 0 Å². The number of pyridine rings is 1. The highest BCUT2D eigenvalue weighted by Crippen LogP contribution is 2.03. The molecular formula is C8H8ClFN2O. The molecule has 0 spiro atoms. The fourth-order valence-corrected chi connectivity index (χ4v) is 0.913. The average molecular weight is 203 g/mol. The fraction of sp³-hybridized carbons (Fsp3) is 0.250. The zero-order valence-corrected chi connectivity index (χ0v) is 7.51. The Labute approximate surface area is 79.9 Å². The molecule has 13 heavy (non-hydrogen) atoms. The number of hydrogen-bond acceptors (Lipinski definition) is 2. The first kappa shape index (κ1) is 9.92. The lowest BCUT2D eigenvalue weighted by Gasteiger charge is -2.01. The van der Waals surface area contributed by atoms with Crippen molar-refractivity contribution in [1.82, 2.24) is 4.98 Å². The molecule has 5 heteroatoms. The van der Waals surface area contributed by atoms with Crippen molar-refractivity contribution in [2.45, 2.75) is 6.42 Å². The molecule has 1 N–H and O–H groups in total. The molecule has 0 saturated heterocycles. The van der Waals surface area contributed by atoms with Gasteiger partial charge in [-0.3, -0.25) is 4.79 Å². The minimum Gasteiger partial charge on any atom is -0.311 e. The topological polar surface area (TPSA) is 42.0 Å². The number of rotatable bonds is 3. The van der Waals surface area contributed by atoms with E-state index in [0.717, 1.165) is 6.20 Å². The summed E-state index contributed by atoms with van der Waals surface area (Å²) in [5.74, 6) is -0.0755. The number of anilines is 1. The van der Waals surface area contributed by atoms with Crippen LogP contribution in [0.15, 0.2) is 18.3 Å². The number of aromatic nitrogens is 1. The molecule has 1 amide bonds. The first-order chi connectivity index (χ1) is 6.22. The van der Waals surface area contributed by atoms with Crippen LogP contribution in [-0.4, -0.2) is 16.8 Å². The molecule has 1 rings (SSSR count). The van der Waals surface area contributed by atoms with E-state index in [1.54, 1.807) is 0 Å². The molecule has 0 saturated carbocycles. The Morgan fingerprint density at radius 1 is 1.62 bits per heavy atom. The molecule has 0 aliphatic carbocycles. The van der Waals surface area contributed by atoms with Crippen molar-refractivity contribution in [2.24, 2.45) is 0 Å². The zero-order chi connectivity index (χ0) is 9.68. The number of halogens is 2. The van der Waals surface area contributed by atoms with Gasteiger partial charge in [0.2, 0.25) is 5.91 Å². The summed E-state index contributed by atoms with van der Waals surface area (Å²) in [5.41, 5.74) is 0. The van der Waals surface area contributed by atoms with E-state index in [-0.39, 0.29) is 18.2 Å². The molecule has 1 aromatic heterocycles. The molecule has 0 aliphatic rings. The van der Waals surface area contributed by atoms with Crippen LogP contribution in [0.3, 0.4) is 0 Å². The van der Waals surface area contributed by atoms with E-state index in [9.17, 15) is 9.18 Å². The molecule has 3 nitrogen and oxygen atoms in total. The van der Waals surface area contributed by atoms with Gasteiger partial charge < -0.3 is 5.32 Å². The van der Waals surface area contributed by atoms with Crippen molar-refractivity contribution in [2.75, 3.05) is 11.2 Å². The Kier molecular flexibility index (Phi) is 3.64. The van der Waals surface area contributed by atoms with Gasteiger partial charge >= 0.3 is 0 Å². The van der Waals surface area contributed by atoms with E-state index in [1.165, 1.54) is 12.1 Å². The van der Waals surface area contributed by atoms with E-state index in [4.69, 9.17) is 11.6 Å². The normalized spacial score (nSPS) is 9.69. The summed E-state index contributed by atoms with van der Waals surface area (Å²) in [6, 6.07) is 2.62. The lowest BCUT2D eigenvalue weighted by molar-refractivity contribution is -0.115. The molecule has 70 valence electrons. The zero-order valence-electron chi connectivity index (χ0n) is 6.76. The van der Waals surface area contributed by atoms with Crippen LogP contribution in [0.2, 0.25) is 0 Å². The summed E-state index contributed by atoms with van der Waals surface area (Å²) in [6.45, 7) is 0. The predicted octanol–water partition coefficient (Wildman–Crippen LogP) is 1.79. The van der Waals surface area contributed by atoms with Gasteiger partial charge in [0, 0.05) is 12.3 Å². The average Bonchev–Trinajstić information content (AvgIpc) is 2.09. The number of nitrogens with one attached hydrogen (secondary N) is 1. The van der Waals surface area contributed by atoms with Gasteiger partial charge in [0.25, 0.3) is 0 Å². The lowest BCUT2D eigenvalue weighted by atomic mass is 10.4. The molecule has 0 aromatic carbocycles. The Balaban J connectivity index is 2.54. The van der Waals surface area contributed by atoms with Gasteiger partial charge in [-0.25, -0.2) is 9.37 Å². The monoisotopic (exact) mass is 202 g/mol. The summed E-state index contributed by atoms with van der Waals surface area (Å²) in [5, 5.41) is 2.47. The summed E-state index contributed by atoms with van der Waals surface area (Å²) in [4.78, 5) is 14.6. The molecule has 0 atom stereocenters. The van der Waals surface area contributed by atoms with Crippen molar-refractivity contribution < 1.29 is 9.18 Å². The minimum absolute atomic E-state index is 0.223. The molecule has 0 bridgehead atoms. The maximum atomic E-state index is 12.4. The molecular weight excluding hydrogens is 195 g/mol. The highest BCUT2D eigenvalue weighted by atomic mass is 35.5. The quantitative estimate of drug-likeness (QED) is 0.760. The SMILES string of the molecule is O=C(CCCl)Nc1ccc(F)cn1. The highest BCUT2D eigenvalue weighted by Gasteiger charge is 2.01. The summed E-state index contributed by atoms with van der Waals surface area (Å²) >= 11 is 5.35. The smallest absolute Gasteiger partial charge is 0.226 e. The number of amides is 1. The van der Waals surface area contributed by atoms with Gasteiger partial charge in [0.15, 0.2) is 0 Å². The highest BCUT2D eigenvalue weighted by molar-refractivity contribution is 6.19. The lowest BCUT2D eigenvalue weighted by Crippen LogP contribution is -2.12. The Hall–Kier alpha value is -1.16. The van der Waals surface area contributed by atoms with Gasteiger partial charge in [-0.15, -0.1) is 11.6 Å². The summed E-state index contributed by atoms with van der Waals surface area (Å²) < 4.78 is 12.4. The second kappa shape index (κ2) is 4.77. The van der Waals surface area contributed by atoms with Gasteiger partial charge in [0.05, 0.1) is 6.20 Å². The van der Waals surface area contributed by atoms with Gasteiger partial charge in [-0.1, -0.05) is 0 Å². The van der Waals surface area contributed by atoms with Crippen LogP contribution < -0.4 is 5.32 Å². The maximum Gasteiger partial charge on any atom is 0.226 e. The molecule has 0 aliphatic heterocycles. The first-order valence-electron chi connectivity index (χ1n) is 3.70. The number of hydrogen-bond donors (Lipinski definition) is 1. The van der Waals surface area contributed by atoms with Crippen LogP contribution in [0.1, 0.15) is 6.42 Å². The molecule has 1 heterocycles. The number of carbonyl (C=O) groups excluding carboxylic acids is 1. The Morgan fingerprint density at radius 3 is 2.92 bits per heavy atom. The van der Waals surface area contributed by atoms with Gasteiger partial charge in [-0.05, 0) is 12.1 Å². The van der Waals surface area contributed by atoms with Crippen LogP contribution in [-0.2, 0) is 4.79 Å². The van der Waals surface area contributed by atoms with Gasteiger partial charge in [0.1, 0.15) is 11.6 Å². The predicted molar refractivity (Wildman–Crippen MR) is 48.2 cm³/mol. The molecule has 0 unspecified atom stereocenters. The van der Waals surface area contributed by atoms with E-state index in [2.05, 4.69) is 10.3 Å². The van der Waals surface area contributed by atoms with Crippen molar-refractivity contribution in [3.63, 3.8) is 0 Å². The summed E-state index contributed by atoms with van der Waals surface area (Å²) in [7, 11) is 0. The maximum absolute atomic E-state index is 12.4. The number of nitrogens with zero attached hydrogens (tertiary/aromatic N) is 1. The van der Waals surface area contributed by atoms with E-state index in [1.807, 2.05) is 0 Å². The van der Waals surface area contributed by atoms with E-state index in [0.29, 0.717) is 5.82 Å². The van der Waals surface area contributed by atoms with Crippen molar-refractivity contribution >= 4 is 23.3 Å². The van der Waals surface area contributed by atoms with Crippen LogP contribution in [0, 0.1) is 5.82 Å². The minimum atomic E-state index is -0.435. The fourth-order valence-electron chi connectivity index (χ4n) is 0.741. The van der Waals surface area contributed by atoms with Crippen LogP contribution in [0.4, 0.5) is 10.2 Å². The third-order valence-electron chi connectivity index (χ3n) is 1.32. The Bertz CT molecular complexity index is 289. The number of alkyl halides is 1. The third kappa shape index (κ3) is 3.38. The van der Waals surface area contributed by atoms with Gasteiger partial charge in [-0.2, -0.15) is 0 Å². The van der Waals surface area contributed by atoms with Crippen molar-refractivity contribution in [1.29, 1.82) is 0 Å². The van der Waals surface area contributed by atoms with Crippen LogP contribution in [0.25, 0.3) is 0 Å². The second-order valence-corrected chi connectivity index (χ2v) is 2.73. The number of carbonyl (C=O) groups is 1. The molecule has 1 aromatic rings. The van der Waals surface area contributed by atoms with Crippen LogP contribution in [0.5, 0.6) is 0 Å². The van der Waals surface area contributed by atoms with E-state index < -0.39 is 5.82 Å². The van der Waals surface area contributed by atoms with Crippen molar-refractivity contribution in [3.8, 4) is 0 Å². The van der Waals surface area contributed by atoms with Crippen molar-refractivity contribution in [3.05, 3.63) is 24.1 Å². The Morgan fingerprint density at radius 2 is 2.38 bits per heavy atom. The van der Waals surface area contributed by atoms with Crippen LogP contribution >= 0.6 is 11.6 Å². The molecule has 0 fully saturated rings. The molecule has 0 radical (unpaired) electrons. The summed E-state index contributed by atoms with van der Waals surface area (Å²) in [6.07, 6.45) is 1.26. The standard InChI is InChI=1S/C8H8ClFN2O/c9-4-3-8(13)12-7-2-1-6(10)5-11-7/h1-2,5H,3-4H2,(H,11,12,13). The second-order valence-electron chi connectivity index (χ2n) is 2.35. The third-order valence-corrected chi connectivity index (χ3v) is 1.51. The first-order valence-corrected chi connectivity index (χ1v) is 4.23.